The third-order valence-electron chi connectivity index (χ3n) is 4.62. The summed E-state index contributed by atoms with van der Waals surface area (Å²) < 4.78 is 19.6. The number of rotatable bonds is 4. The van der Waals surface area contributed by atoms with E-state index in [1.54, 1.807) is 30.2 Å². The van der Waals surface area contributed by atoms with E-state index in [0.29, 0.717) is 18.5 Å². The summed E-state index contributed by atoms with van der Waals surface area (Å²) in [6, 6.07) is 6.16. The Kier molecular flexibility index (Phi) is 5.23. The molecule has 132 valence electrons. The van der Waals surface area contributed by atoms with Crippen LogP contribution in [-0.2, 0) is 11.2 Å². The lowest BCUT2D eigenvalue weighted by atomic mass is 9.92. The number of carbonyl (C=O) groups excluding carboxylic acids is 1. The van der Waals surface area contributed by atoms with Gasteiger partial charge in [0.25, 0.3) is 11.5 Å². The van der Waals surface area contributed by atoms with Gasteiger partial charge in [-0.3, -0.25) is 9.59 Å². The highest BCUT2D eigenvalue weighted by atomic mass is 19.1. The van der Waals surface area contributed by atoms with Crippen LogP contribution < -0.4 is 5.56 Å². The third-order valence-corrected chi connectivity index (χ3v) is 4.62. The van der Waals surface area contributed by atoms with Gasteiger partial charge in [0.15, 0.2) is 0 Å². The van der Waals surface area contributed by atoms with Gasteiger partial charge >= 0.3 is 0 Å². The predicted molar refractivity (Wildman–Crippen MR) is 89.8 cm³/mol. The number of nitrogens with one attached hydrogen (secondary N) is 1. The lowest BCUT2D eigenvalue weighted by Crippen LogP contribution is -2.53. The Morgan fingerprint density at radius 3 is 2.96 bits per heavy atom. The van der Waals surface area contributed by atoms with Crippen LogP contribution in [-0.4, -0.2) is 46.6 Å². The Morgan fingerprint density at radius 2 is 2.24 bits per heavy atom. The number of carbonyl (C=O) groups is 1. The second-order valence-corrected chi connectivity index (χ2v) is 6.07. The molecule has 0 aliphatic carbocycles. The Morgan fingerprint density at radius 1 is 1.44 bits per heavy atom. The van der Waals surface area contributed by atoms with Gasteiger partial charge in [-0.05, 0) is 30.9 Å². The minimum Gasteiger partial charge on any atom is -0.379 e. The number of benzene rings is 1. The molecule has 1 aromatic heterocycles. The monoisotopic (exact) mass is 345 g/mol. The number of H-pyrrole nitrogens is 1. The highest BCUT2D eigenvalue weighted by Gasteiger charge is 2.36. The van der Waals surface area contributed by atoms with Crippen molar-refractivity contribution in [1.82, 2.24) is 14.9 Å². The first kappa shape index (κ1) is 17.3. The van der Waals surface area contributed by atoms with Crippen molar-refractivity contribution in [3.05, 3.63) is 64.1 Å². The second-order valence-electron chi connectivity index (χ2n) is 6.07. The molecule has 0 radical (unpaired) electrons. The molecule has 1 aromatic carbocycles. The van der Waals surface area contributed by atoms with Crippen LogP contribution in [0.2, 0.25) is 0 Å². The van der Waals surface area contributed by atoms with Gasteiger partial charge in [0, 0.05) is 19.9 Å². The number of hydrogen-bond acceptors (Lipinski definition) is 4. The predicted octanol–water partition coefficient (Wildman–Crippen LogP) is 1.77. The average Bonchev–Trinajstić information content (AvgIpc) is 2.63. The number of nitrogens with zero attached hydrogens (tertiary/aromatic N) is 2. The van der Waals surface area contributed by atoms with E-state index < -0.39 is 11.5 Å². The zero-order chi connectivity index (χ0) is 17.8. The quantitative estimate of drug-likeness (QED) is 0.916. The number of piperidine rings is 1. The average molecular weight is 345 g/mol. The molecule has 2 atom stereocenters. The summed E-state index contributed by atoms with van der Waals surface area (Å²) in [6.07, 6.45) is 4.16. The van der Waals surface area contributed by atoms with Crippen LogP contribution in [0.1, 0.15) is 28.8 Å². The smallest absolute Gasteiger partial charge is 0.263 e. The van der Waals surface area contributed by atoms with Gasteiger partial charge in [-0.2, -0.15) is 0 Å². The minimum atomic E-state index is -0.482. The first-order chi connectivity index (χ1) is 12.1. The summed E-state index contributed by atoms with van der Waals surface area (Å²) in [5, 5.41) is 0. The molecule has 1 amide bonds. The third kappa shape index (κ3) is 3.61. The van der Waals surface area contributed by atoms with Crippen LogP contribution >= 0.6 is 0 Å². The zero-order valence-corrected chi connectivity index (χ0v) is 13.9. The number of halogens is 1. The van der Waals surface area contributed by atoms with E-state index in [0.717, 1.165) is 12.8 Å². The molecular weight excluding hydrogens is 325 g/mol. The van der Waals surface area contributed by atoms with E-state index in [1.807, 2.05) is 0 Å². The SMILES string of the molecule is CO[C@H]1CCCN(C(=O)c2cnc[nH]c2=O)[C@H]1Cc1ccccc1F. The normalized spacial score (nSPS) is 20.5. The van der Waals surface area contributed by atoms with E-state index in [1.165, 1.54) is 18.6 Å². The van der Waals surface area contributed by atoms with Crippen molar-refractivity contribution in [1.29, 1.82) is 0 Å². The van der Waals surface area contributed by atoms with Crippen molar-refractivity contribution in [3.63, 3.8) is 0 Å². The fourth-order valence-corrected chi connectivity index (χ4v) is 3.33. The van der Waals surface area contributed by atoms with Crippen molar-refractivity contribution in [2.45, 2.75) is 31.4 Å². The minimum absolute atomic E-state index is 0.0159. The first-order valence-electron chi connectivity index (χ1n) is 8.21. The zero-order valence-electron chi connectivity index (χ0n) is 13.9. The summed E-state index contributed by atoms with van der Waals surface area (Å²) in [4.78, 5) is 32.7. The number of amides is 1. The maximum absolute atomic E-state index is 14.1. The van der Waals surface area contributed by atoms with Crippen molar-refractivity contribution in [3.8, 4) is 0 Å². The van der Waals surface area contributed by atoms with E-state index in [4.69, 9.17) is 4.74 Å². The van der Waals surface area contributed by atoms with Crippen molar-refractivity contribution >= 4 is 5.91 Å². The van der Waals surface area contributed by atoms with Crippen molar-refractivity contribution in [2.75, 3.05) is 13.7 Å². The fourth-order valence-electron chi connectivity index (χ4n) is 3.33. The number of hydrogen-bond donors (Lipinski definition) is 1. The summed E-state index contributed by atoms with van der Waals surface area (Å²) in [7, 11) is 1.59. The van der Waals surface area contributed by atoms with Gasteiger partial charge in [-0.15, -0.1) is 0 Å². The standard InChI is InChI=1S/C18H20FN3O3/c1-25-16-7-4-8-22(18(24)13-10-20-11-21-17(13)23)15(16)9-12-5-2-3-6-14(12)19/h2-3,5-6,10-11,15-16H,4,7-9H2,1H3,(H,20,21,23)/t15-,16-/m0/s1. The molecule has 6 nitrogen and oxygen atoms in total. The molecule has 0 saturated carbocycles. The molecule has 25 heavy (non-hydrogen) atoms. The molecule has 1 saturated heterocycles. The van der Waals surface area contributed by atoms with Crippen LogP contribution in [0.15, 0.2) is 41.6 Å². The molecule has 1 N–H and O–H groups in total. The highest BCUT2D eigenvalue weighted by Crippen LogP contribution is 2.25. The van der Waals surface area contributed by atoms with E-state index in [-0.39, 0.29) is 23.5 Å². The molecule has 7 heteroatoms. The molecular formula is C18H20FN3O3. The topological polar surface area (TPSA) is 75.3 Å². The molecule has 0 spiro atoms. The molecule has 1 aliphatic rings. The molecule has 1 fully saturated rings. The van der Waals surface area contributed by atoms with Gasteiger partial charge < -0.3 is 14.6 Å². The van der Waals surface area contributed by atoms with Gasteiger partial charge in [0.1, 0.15) is 11.4 Å². The lowest BCUT2D eigenvalue weighted by molar-refractivity contribution is -0.0120. The van der Waals surface area contributed by atoms with Crippen molar-refractivity contribution in [2.24, 2.45) is 0 Å². The molecule has 1 aliphatic heterocycles. The molecule has 3 rings (SSSR count). The van der Waals surface area contributed by atoms with Gasteiger partial charge in [-0.25, -0.2) is 9.37 Å². The van der Waals surface area contributed by atoms with Gasteiger partial charge in [-0.1, -0.05) is 18.2 Å². The first-order valence-corrected chi connectivity index (χ1v) is 8.21. The van der Waals surface area contributed by atoms with Crippen LogP contribution in [0.4, 0.5) is 4.39 Å². The maximum Gasteiger partial charge on any atom is 0.263 e. The molecule has 2 aromatic rings. The van der Waals surface area contributed by atoms with Crippen LogP contribution in [0.5, 0.6) is 0 Å². The van der Waals surface area contributed by atoms with Crippen LogP contribution in [0.25, 0.3) is 0 Å². The summed E-state index contributed by atoms with van der Waals surface area (Å²) >= 11 is 0. The highest BCUT2D eigenvalue weighted by molar-refractivity contribution is 5.93. The number of methoxy groups -OCH3 is 1. The number of aromatic nitrogens is 2. The number of aromatic amines is 1. The molecule has 2 heterocycles. The lowest BCUT2D eigenvalue weighted by Gasteiger charge is -2.40. The van der Waals surface area contributed by atoms with Crippen LogP contribution in [0, 0.1) is 5.82 Å². The van der Waals surface area contributed by atoms with Gasteiger partial charge in [0.05, 0.1) is 18.5 Å². The van der Waals surface area contributed by atoms with Crippen molar-refractivity contribution < 1.29 is 13.9 Å². The van der Waals surface area contributed by atoms with E-state index in [2.05, 4.69) is 9.97 Å². The van der Waals surface area contributed by atoms with E-state index in [9.17, 15) is 14.0 Å². The van der Waals surface area contributed by atoms with Gasteiger partial charge in [0.2, 0.25) is 0 Å². The number of ether oxygens (including phenoxy) is 1. The Hall–Kier alpha value is -2.54. The van der Waals surface area contributed by atoms with E-state index >= 15 is 0 Å². The molecule has 0 unspecified atom stereocenters. The summed E-state index contributed by atoms with van der Waals surface area (Å²) in [5.41, 5.74) is 0.0244. The Labute approximate surface area is 144 Å². The largest absolute Gasteiger partial charge is 0.379 e. The maximum atomic E-state index is 14.1. The number of likely N-dealkylation sites (tertiary alicyclic amines) is 1. The Balaban J connectivity index is 1.92. The fraction of sp³-hybridized carbons (Fsp3) is 0.389. The van der Waals surface area contributed by atoms with Crippen LogP contribution in [0.3, 0.4) is 0 Å². The molecule has 0 bridgehead atoms. The summed E-state index contributed by atoms with van der Waals surface area (Å²) in [6.45, 7) is 0.492. The second kappa shape index (κ2) is 7.57. The Bertz CT molecular complexity index is 808. The summed E-state index contributed by atoms with van der Waals surface area (Å²) in [5.74, 6) is -0.716.